The van der Waals surface area contributed by atoms with Gasteiger partial charge in [0.15, 0.2) is 0 Å². The van der Waals surface area contributed by atoms with Gasteiger partial charge in [-0.15, -0.1) is 0 Å². The Bertz CT molecular complexity index is 264. The molecule has 0 saturated carbocycles. The van der Waals surface area contributed by atoms with Gasteiger partial charge in [-0.2, -0.15) is 0 Å². The minimum Gasteiger partial charge on any atom is -0.508 e. The van der Waals surface area contributed by atoms with Gasteiger partial charge in [-0.1, -0.05) is 0 Å². The van der Waals surface area contributed by atoms with Crippen molar-refractivity contribution in [1.29, 1.82) is 0 Å². The van der Waals surface area contributed by atoms with Crippen molar-refractivity contribution < 1.29 is 15.3 Å². The minimum atomic E-state index is -0.266. The van der Waals surface area contributed by atoms with Crippen LogP contribution in [0.2, 0.25) is 0 Å². The fourth-order valence-corrected chi connectivity index (χ4v) is 1.18. The average Bonchev–Trinajstić information content (AvgIpc) is 2.04. The topological polar surface area (TPSA) is 72.7 Å². The van der Waals surface area contributed by atoms with Crippen LogP contribution >= 0.6 is 0 Å². The molecule has 0 amide bonds. The molecule has 0 radical (unpaired) electrons. The van der Waals surface area contributed by atoms with Crippen LogP contribution in [-0.4, -0.2) is 29.0 Å². The van der Waals surface area contributed by atoms with E-state index in [1.807, 2.05) is 0 Å². The number of likely N-dealkylation sites (N-methyl/N-ethyl adjacent to an activating group) is 1. The van der Waals surface area contributed by atoms with Crippen LogP contribution in [0, 0.1) is 0 Å². The van der Waals surface area contributed by atoms with Crippen LogP contribution in [0.25, 0.3) is 0 Å². The molecule has 4 heteroatoms. The van der Waals surface area contributed by atoms with E-state index in [0.29, 0.717) is 5.56 Å². The van der Waals surface area contributed by atoms with E-state index >= 15 is 0 Å². The number of hydrogen-bond donors (Lipinski definition) is 4. The van der Waals surface area contributed by atoms with Crippen molar-refractivity contribution in [3.05, 3.63) is 23.8 Å². The highest BCUT2D eigenvalue weighted by Crippen LogP contribution is 2.24. The van der Waals surface area contributed by atoms with Crippen molar-refractivity contribution in [2.75, 3.05) is 13.7 Å². The Labute approximate surface area is 76.5 Å². The van der Waals surface area contributed by atoms with Crippen LogP contribution in [0.4, 0.5) is 0 Å². The second kappa shape index (κ2) is 4.11. The van der Waals surface area contributed by atoms with Crippen molar-refractivity contribution in [1.82, 2.24) is 5.32 Å². The lowest BCUT2D eigenvalue weighted by Gasteiger charge is -2.13. The van der Waals surface area contributed by atoms with E-state index in [9.17, 15) is 0 Å². The molecule has 0 saturated heterocycles. The molecule has 0 aromatic heterocycles. The fourth-order valence-electron chi connectivity index (χ4n) is 1.18. The van der Waals surface area contributed by atoms with Crippen LogP contribution in [-0.2, 0) is 0 Å². The van der Waals surface area contributed by atoms with Crippen molar-refractivity contribution in [3.63, 3.8) is 0 Å². The van der Waals surface area contributed by atoms with Gasteiger partial charge in [-0.05, 0) is 24.7 Å². The number of aliphatic hydroxyl groups is 1. The molecule has 4 nitrogen and oxygen atoms in total. The summed E-state index contributed by atoms with van der Waals surface area (Å²) in [5.74, 6) is -0.0209. The predicted molar refractivity (Wildman–Crippen MR) is 48.7 cm³/mol. The van der Waals surface area contributed by atoms with Crippen LogP contribution < -0.4 is 5.32 Å². The van der Waals surface area contributed by atoms with Crippen LogP contribution in [0.1, 0.15) is 11.6 Å². The van der Waals surface area contributed by atoms with Gasteiger partial charge in [0, 0.05) is 6.07 Å². The van der Waals surface area contributed by atoms with Gasteiger partial charge in [-0.25, -0.2) is 0 Å². The van der Waals surface area contributed by atoms with Gasteiger partial charge < -0.3 is 20.6 Å². The zero-order chi connectivity index (χ0) is 9.84. The van der Waals surface area contributed by atoms with Crippen molar-refractivity contribution >= 4 is 0 Å². The lowest BCUT2D eigenvalue weighted by Crippen LogP contribution is -2.19. The van der Waals surface area contributed by atoms with E-state index in [2.05, 4.69) is 5.32 Å². The molecule has 0 unspecified atom stereocenters. The summed E-state index contributed by atoms with van der Waals surface area (Å²) >= 11 is 0. The molecule has 0 heterocycles. The Kier molecular flexibility index (Phi) is 3.11. The third kappa shape index (κ3) is 2.34. The summed E-state index contributed by atoms with van der Waals surface area (Å²) in [5, 5.41) is 30.1. The van der Waals surface area contributed by atoms with E-state index in [0.717, 1.165) is 0 Å². The monoisotopic (exact) mass is 183 g/mol. The second-order valence-electron chi connectivity index (χ2n) is 2.81. The summed E-state index contributed by atoms with van der Waals surface area (Å²) in [6.45, 7) is -0.0839. The highest BCUT2D eigenvalue weighted by molar-refractivity contribution is 5.38. The molecule has 0 aliphatic rings. The molecular weight excluding hydrogens is 170 g/mol. The van der Waals surface area contributed by atoms with Crippen LogP contribution in [0.15, 0.2) is 18.2 Å². The van der Waals surface area contributed by atoms with E-state index in [1.165, 1.54) is 18.2 Å². The maximum atomic E-state index is 9.16. The third-order valence-corrected chi connectivity index (χ3v) is 1.86. The minimum absolute atomic E-state index is 0.0105. The molecule has 13 heavy (non-hydrogen) atoms. The molecule has 0 spiro atoms. The molecule has 1 aromatic rings. The van der Waals surface area contributed by atoms with Gasteiger partial charge in [0.2, 0.25) is 0 Å². The summed E-state index contributed by atoms with van der Waals surface area (Å²) in [4.78, 5) is 0. The molecule has 1 aromatic carbocycles. The van der Waals surface area contributed by atoms with Gasteiger partial charge >= 0.3 is 0 Å². The number of aliphatic hydroxyl groups excluding tert-OH is 1. The molecule has 0 aliphatic carbocycles. The number of hydrogen-bond acceptors (Lipinski definition) is 4. The van der Waals surface area contributed by atoms with Crippen LogP contribution in [0.3, 0.4) is 0 Å². The average molecular weight is 183 g/mol. The highest BCUT2D eigenvalue weighted by atomic mass is 16.3. The number of aromatic hydroxyl groups is 2. The number of rotatable bonds is 3. The van der Waals surface area contributed by atoms with Gasteiger partial charge in [0.1, 0.15) is 11.5 Å². The van der Waals surface area contributed by atoms with Crippen molar-refractivity contribution in [2.24, 2.45) is 0 Å². The Morgan fingerprint density at radius 2 is 1.77 bits per heavy atom. The molecule has 0 aliphatic heterocycles. The zero-order valence-electron chi connectivity index (χ0n) is 7.36. The van der Waals surface area contributed by atoms with Crippen molar-refractivity contribution in [2.45, 2.75) is 6.04 Å². The molecule has 1 rings (SSSR count). The standard InChI is InChI=1S/C9H13NO3/c1-10-9(5-11)6-2-7(12)4-8(13)3-6/h2-4,9-13H,5H2,1H3/t9-/m1/s1. The first-order valence-corrected chi connectivity index (χ1v) is 3.98. The Hall–Kier alpha value is -1.26. The van der Waals surface area contributed by atoms with Crippen LogP contribution in [0.5, 0.6) is 11.5 Å². The van der Waals surface area contributed by atoms with E-state index in [4.69, 9.17) is 15.3 Å². The van der Waals surface area contributed by atoms with E-state index in [1.54, 1.807) is 7.05 Å². The maximum Gasteiger partial charge on any atom is 0.119 e. The highest BCUT2D eigenvalue weighted by Gasteiger charge is 2.09. The first-order chi connectivity index (χ1) is 6.17. The Morgan fingerprint density at radius 3 is 2.15 bits per heavy atom. The van der Waals surface area contributed by atoms with E-state index in [-0.39, 0.29) is 24.1 Å². The number of benzene rings is 1. The summed E-state index contributed by atoms with van der Waals surface area (Å²) in [7, 11) is 1.70. The molecule has 4 N–H and O–H groups in total. The largest absolute Gasteiger partial charge is 0.508 e. The van der Waals surface area contributed by atoms with Gasteiger partial charge in [-0.3, -0.25) is 0 Å². The lowest BCUT2D eigenvalue weighted by atomic mass is 10.1. The SMILES string of the molecule is CN[C@H](CO)c1cc(O)cc(O)c1. The van der Waals surface area contributed by atoms with Gasteiger partial charge in [0.25, 0.3) is 0 Å². The lowest BCUT2D eigenvalue weighted by molar-refractivity contribution is 0.250. The number of phenolic OH excluding ortho intramolecular Hbond substituents is 2. The third-order valence-electron chi connectivity index (χ3n) is 1.86. The zero-order valence-corrected chi connectivity index (χ0v) is 7.36. The van der Waals surface area contributed by atoms with Gasteiger partial charge in [0.05, 0.1) is 12.6 Å². The summed E-state index contributed by atoms with van der Waals surface area (Å²) in [5.41, 5.74) is 0.655. The normalized spacial score (nSPS) is 12.8. The van der Waals surface area contributed by atoms with E-state index < -0.39 is 0 Å². The summed E-state index contributed by atoms with van der Waals surface area (Å²) in [6, 6.07) is 3.97. The maximum absolute atomic E-state index is 9.16. The quantitative estimate of drug-likeness (QED) is 0.545. The first kappa shape index (κ1) is 9.83. The Balaban J connectivity index is 2.99. The second-order valence-corrected chi connectivity index (χ2v) is 2.81. The molecule has 1 atom stereocenters. The molecular formula is C9H13NO3. The summed E-state index contributed by atoms with van der Waals surface area (Å²) < 4.78 is 0. The number of phenols is 2. The smallest absolute Gasteiger partial charge is 0.119 e. The first-order valence-electron chi connectivity index (χ1n) is 3.98. The number of nitrogens with one attached hydrogen (secondary N) is 1. The molecule has 0 bridgehead atoms. The molecule has 72 valence electrons. The molecule has 0 fully saturated rings. The predicted octanol–water partition coefficient (Wildman–Crippen LogP) is 0.351. The fraction of sp³-hybridized carbons (Fsp3) is 0.333. The van der Waals surface area contributed by atoms with Crippen molar-refractivity contribution in [3.8, 4) is 11.5 Å². The Morgan fingerprint density at radius 1 is 1.23 bits per heavy atom. The summed E-state index contributed by atoms with van der Waals surface area (Å²) in [6.07, 6.45) is 0.